The second-order valence-corrected chi connectivity index (χ2v) is 2.89. The molecule has 2 unspecified atom stereocenters. The lowest BCUT2D eigenvalue weighted by molar-refractivity contribution is 0.430. The summed E-state index contributed by atoms with van der Waals surface area (Å²) < 4.78 is 0. The Morgan fingerprint density at radius 2 is 2.40 bits per heavy atom. The molecule has 2 N–H and O–H groups in total. The first kappa shape index (κ1) is 7.30. The minimum atomic E-state index is 0.0150. The third kappa shape index (κ3) is 1.37. The second kappa shape index (κ2) is 2.85. The third-order valence-corrected chi connectivity index (χ3v) is 2.02. The maximum absolute atomic E-state index is 8.61. The lowest BCUT2D eigenvalue weighted by atomic mass is 9.83. The highest BCUT2D eigenvalue weighted by Gasteiger charge is 2.22. The number of nitrogens with two attached hydrogens (primary N) is 1. The molecule has 1 saturated carbocycles. The van der Waals surface area contributed by atoms with Crippen LogP contribution in [0, 0.1) is 17.2 Å². The van der Waals surface area contributed by atoms with Gasteiger partial charge in [-0.1, -0.05) is 12.2 Å². The molecule has 0 heterocycles. The highest BCUT2D eigenvalue weighted by Crippen LogP contribution is 2.25. The van der Waals surface area contributed by atoms with Crippen LogP contribution in [-0.2, 0) is 0 Å². The first-order chi connectivity index (χ1) is 4.74. The molecule has 2 atom stereocenters. The van der Waals surface area contributed by atoms with Crippen LogP contribution in [0.5, 0.6) is 0 Å². The van der Waals surface area contributed by atoms with Gasteiger partial charge < -0.3 is 5.73 Å². The molecule has 1 aliphatic rings. The van der Waals surface area contributed by atoms with Gasteiger partial charge in [-0.3, -0.25) is 0 Å². The van der Waals surface area contributed by atoms with Crippen molar-refractivity contribution >= 4 is 0 Å². The molecular weight excluding hydrogens is 124 g/mol. The fraction of sp³-hybridized carbons (Fsp3) is 0.625. The van der Waals surface area contributed by atoms with E-state index in [1.807, 2.05) is 0 Å². The predicted molar refractivity (Wildman–Crippen MR) is 40.1 cm³/mol. The summed E-state index contributed by atoms with van der Waals surface area (Å²) >= 11 is 0. The van der Waals surface area contributed by atoms with Gasteiger partial charge in [0.05, 0.1) is 12.0 Å². The van der Waals surface area contributed by atoms with Gasteiger partial charge in [0.25, 0.3) is 0 Å². The van der Waals surface area contributed by atoms with Crippen molar-refractivity contribution in [1.82, 2.24) is 0 Å². The normalized spacial score (nSPS) is 33.4. The Hall–Kier alpha value is -0.810. The van der Waals surface area contributed by atoms with Crippen molar-refractivity contribution in [2.75, 3.05) is 0 Å². The standard InChI is InChI=1S/C8H12N2/c1-6-2-3-8(10)7(4-6)5-9/h7-8H,1-4,10H2. The van der Waals surface area contributed by atoms with Crippen molar-refractivity contribution in [2.24, 2.45) is 11.7 Å². The molecule has 2 nitrogen and oxygen atoms in total. The molecule has 0 aromatic rings. The Morgan fingerprint density at radius 1 is 1.70 bits per heavy atom. The average Bonchev–Trinajstić information content (AvgIpc) is 1.94. The highest BCUT2D eigenvalue weighted by molar-refractivity contribution is 5.08. The molecule has 1 rings (SSSR count). The van der Waals surface area contributed by atoms with Crippen LogP contribution < -0.4 is 5.73 Å². The molecular formula is C8H12N2. The minimum Gasteiger partial charge on any atom is -0.326 e. The number of allylic oxidation sites excluding steroid dienone is 1. The van der Waals surface area contributed by atoms with Crippen molar-refractivity contribution in [1.29, 1.82) is 5.26 Å². The quantitative estimate of drug-likeness (QED) is 0.508. The molecule has 0 saturated heterocycles. The van der Waals surface area contributed by atoms with Crippen molar-refractivity contribution in [3.05, 3.63) is 12.2 Å². The smallest absolute Gasteiger partial charge is 0.0675 e. The fourth-order valence-corrected chi connectivity index (χ4v) is 1.28. The molecule has 0 aliphatic heterocycles. The van der Waals surface area contributed by atoms with Crippen LogP contribution in [-0.4, -0.2) is 6.04 Å². The number of nitrogens with zero attached hydrogens (tertiary/aromatic N) is 1. The number of rotatable bonds is 0. The van der Waals surface area contributed by atoms with Gasteiger partial charge in [-0.05, 0) is 19.3 Å². The van der Waals surface area contributed by atoms with Gasteiger partial charge in [-0.2, -0.15) is 5.26 Å². The molecule has 0 amide bonds. The van der Waals surface area contributed by atoms with E-state index in [1.165, 1.54) is 5.57 Å². The van der Waals surface area contributed by atoms with E-state index in [1.54, 1.807) is 0 Å². The minimum absolute atomic E-state index is 0.0150. The van der Waals surface area contributed by atoms with Crippen molar-refractivity contribution in [3.8, 4) is 6.07 Å². The Balaban J connectivity index is 2.56. The van der Waals surface area contributed by atoms with E-state index < -0.39 is 0 Å². The van der Waals surface area contributed by atoms with E-state index in [0.29, 0.717) is 0 Å². The molecule has 10 heavy (non-hydrogen) atoms. The van der Waals surface area contributed by atoms with Crippen LogP contribution in [0.1, 0.15) is 19.3 Å². The molecule has 1 aliphatic carbocycles. The topological polar surface area (TPSA) is 49.8 Å². The van der Waals surface area contributed by atoms with E-state index in [4.69, 9.17) is 11.0 Å². The molecule has 1 fully saturated rings. The van der Waals surface area contributed by atoms with Gasteiger partial charge in [0, 0.05) is 6.04 Å². The van der Waals surface area contributed by atoms with E-state index in [2.05, 4.69) is 12.6 Å². The van der Waals surface area contributed by atoms with Crippen molar-refractivity contribution < 1.29 is 0 Å². The number of nitriles is 1. The summed E-state index contributed by atoms with van der Waals surface area (Å²) in [4.78, 5) is 0. The van der Waals surface area contributed by atoms with Gasteiger partial charge in [0.15, 0.2) is 0 Å². The monoisotopic (exact) mass is 136 g/mol. The Morgan fingerprint density at radius 3 is 2.90 bits per heavy atom. The summed E-state index contributed by atoms with van der Waals surface area (Å²) in [6.45, 7) is 3.84. The van der Waals surface area contributed by atoms with Crippen LogP contribution in [0.15, 0.2) is 12.2 Å². The first-order valence-corrected chi connectivity index (χ1v) is 3.56. The maximum Gasteiger partial charge on any atom is 0.0675 e. The van der Waals surface area contributed by atoms with Gasteiger partial charge in [0.1, 0.15) is 0 Å². The Labute approximate surface area is 61.3 Å². The molecule has 0 aromatic carbocycles. The van der Waals surface area contributed by atoms with Crippen LogP contribution in [0.2, 0.25) is 0 Å². The zero-order valence-electron chi connectivity index (χ0n) is 6.01. The molecule has 0 spiro atoms. The molecule has 0 aromatic heterocycles. The van der Waals surface area contributed by atoms with Gasteiger partial charge in [-0.25, -0.2) is 0 Å². The molecule has 54 valence electrons. The fourth-order valence-electron chi connectivity index (χ4n) is 1.28. The second-order valence-electron chi connectivity index (χ2n) is 2.89. The van der Waals surface area contributed by atoms with Gasteiger partial charge in [-0.15, -0.1) is 0 Å². The van der Waals surface area contributed by atoms with Crippen LogP contribution in [0.25, 0.3) is 0 Å². The molecule has 2 heteroatoms. The lowest BCUT2D eigenvalue weighted by Gasteiger charge is -2.24. The Kier molecular flexibility index (Phi) is 2.08. The van der Waals surface area contributed by atoms with Crippen LogP contribution >= 0.6 is 0 Å². The van der Waals surface area contributed by atoms with E-state index in [-0.39, 0.29) is 12.0 Å². The first-order valence-electron chi connectivity index (χ1n) is 3.56. The van der Waals surface area contributed by atoms with E-state index in [9.17, 15) is 0 Å². The van der Waals surface area contributed by atoms with E-state index in [0.717, 1.165) is 19.3 Å². The lowest BCUT2D eigenvalue weighted by Crippen LogP contribution is -2.32. The summed E-state index contributed by atoms with van der Waals surface area (Å²) in [5.74, 6) is 0.0150. The zero-order chi connectivity index (χ0) is 7.56. The highest BCUT2D eigenvalue weighted by atomic mass is 14.7. The average molecular weight is 136 g/mol. The van der Waals surface area contributed by atoms with Crippen LogP contribution in [0.4, 0.5) is 0 Å². The van der Waals surface area contributed by atoms with Crippen molar-refractivity contribution in [2.45, 2.75) is 25.3 Å². The summed E-state index contributed by atoms with van der Waals surface area (Å²) in [5, 5.41) is 8.61. The molecule has 0 bridgehead atoms. The predicted octanol–water partition coefficient (Wildman–Crippen LogP) is 1.19. The SMILES string of the molecule is C=C1CCC(N)C(C#N)C1. The van der Waals surface area contributed by atoms with E-state index >= 15 is 0 Å². The van der Waals surface area contributed by atoms with Crippen LogP contribution in [0.3, 0.4) is 0 Å². The van der Waals surface area contributed by atoms with Crippen molar-refractivity contribution in [3.63, 3.8) is 0 Å². The van der Waals surface area contributed by atoms with Gasteiger partial charge in [0.2, 0.25) is 0 Å². The molecule has 0 radical (unpaired) electrons. The summed E-state index contributed by atoms with van der Waals surface area (Å²) in [7, 11) is 0. The zero-order valence-corrected chi connectivity index (χ0v) is 6.01. The third-order valence-electron chi connectivity index (χ3n) is 2.02. The van der Waals surface area contributed by atoms with Gasteiger partial charge >= 0.3 is 0 Å². The summed E-state index contributed by atoms with van der Waals surface area (Å²) in [5.41, 5.74) is 6.86. The maximum atomic E-state index is 8.61. The summed E-state index contributed by atoms with van der Waals surface area (Å²) in [6, 6.07) is 2.28. The number of hydrogen-bond donors (Lipinski definition) is 1. The number of hydrogen-bond acceptors (Lipinski definition) is 2. The Bertz CT molecular complexity index is 178. The largest absolute Gasteiger partial charge is 0.326 e. The summed E-state index contributed by atoms with van der Waals surface area (Å²) in [6.07, 6.45) is 2.73.